The molecule has 8 nitrogen and oxygen atoms in total. The van der Waals surface area contributed by atoms with E-state index in [0.29, 0.717) is 28.5 Å². The highest BCUT2D eigenvalue weighted by atomic mass is 32.2. The summed E-state index contributed by atoms with van der Waals surface area (Å²) in [7, 11) is -3.79. The van der Waals surface area contributed by atoms with Crippen LogP contribution in [0.1, 0.15) is 47.3 Å². The van der Waals surface area contributed by atoms with E-state index in [-0.39, 0.29) is 22.6 Å². The van der Waals surface area contributed by atoms with Gasteiger partial charge in [-0.1, -0.05) is 19.1 Å². The molecular weight excluding hydrogens is 436 g/mol. The van der Waals surface area contributed by atoms with Gasteiger partial charge in [-0.25, -0.2) is 8.42 Å². The van der Waals surface area contributed by atoms with Gasteiger partial charge in [-0.15, -0.1) is 21.5 Å². The summed E-state index contributed by atoms with van der Waals surface area (Å²) in [6.07, 6.45) is 3.85. The number of nitrogens with zero attached hydrogens (tertiary/aromatic N) is 3. The molecule has 0 bridgehead atoms. The zero-order chi connectivity index (χ0) is 22.0. The molecular formula is C21H24N4O4S2. The number of carbonyl (C=O) groups excluding carboxylic acids is 1. The van der Waals surface area contributed by atoms with Crippen LogP contribution in [0.4, 0.5) is 5.69 Å². The third-order valence-electron chi connectivity index (χ3n) is 5.21. The van der Waals surface area contributed by atoms with Crippen molar-refractivity contribution in [2.24, 2.45) is 0 Å². The highest BCUT2D eigenvalue weighted by molar-refractivity contribution is 7.93. The molecule has 2 aromatic heterocycles. The third-order valence-corrected chi connectivity index (χ3v) is 7.89. The fourth-order valence-electron chi connectivity index (χ4n) is 3.54. The number of thiophene rings is 1. The lowest BCUT2D eigenvalue weighted by Crippen LogP contribution is -2.35. The molecule has 164 valence electrons. The second-order valence-electron chi connectivity index (χ2n) is 7.46. The Balaban J connectivity index is 1.56. The van der Waals surface area contributed by atoms with Crippen molar-refractivity contribution < 1.29 is 17.6 Å². The first-order valence-corrected chi connectivity index (χ1v) is 12.5. The molecule has 0 aliphatic carbocycles. The lowest BCUT2D eigenvalue weighted by atomic mass is 10.1. The average Bonchev–Trinajstić information content (AvgIpc) is 3.41. The van der Waals surface area contributed by atoms with E-state index in [0.717, 1.165) is 31.2 Å². The number of anilines is 1. The molecule has 0 atom stereocenters. The molecule has 0 saturated carbocycles. The van der Waals surface area contributed by atoms with Gasteiger partial charge in [0.2, 0.25) is 0 Å². The number of sulfonamides is 1. The van der Waals surface area contributed by atoms with E-state index in [9.17, 15) is 13.2 Å². The first kappa shape index (κ1) is 21.5. The minimum Gasteiger partial charge on any atom is -0.411 e. The number of carbonyl (C=O) groups is 1. The van der Waals surface area contributed by atoms with E-state index in [1.54, 1.807) is 17.9 Å². The van der Waals surface area contributed by atoms with Gasteiger partial charge in [-0.2, -0.15) is 0 Å². The maximum absolute atomic E-state index is 13.0. The van der Waals surface area contributed by atoms with Gasteiger partial charge in [0.1, 0.15) is 4.90 Å². The Morgan fingerprint density at radius 3 is 2.71 bits per heavy atom. The van der Waals surface area contributed by atoms with Crippen LogP contribution in [0.3, 0.4) is 0 Å². The van der Waals surface area contributed by atoms with Gasteiger partial charge in [-0.3, -0.25) is 9.52 Å². The Bertz CT molecular complexity index is 1190. The smallest absolute Gasteiger partial charge is 0.311 e. The zero-order valence-corrected chi connectivity index (χ0v) is 19.1. The standard InChI is InChI=1S/C21H24N4O4S2/c1-3-15-8-7-9-16(12-15)24-31(27,28)18-13-17(30-14(18)2)19-22-23-20(29-19)21(26)25-10-5-4-6-11-25/h7-9,12-13,24H,3-6,10-11H2,1-2H3. The van der Waals surface area contributed by atoms with Gasteiger partial charge < -0.3 is 9.32 Å². The molecule has 0 unspecified atom stereocenters. The van der Waals surface area contributed by atoms with Crippen molar-refractivity contribution in [3.63, 3.8) is 0 Å². The first-order valence-electron chi connectivity index (χ1n) is 10.2. The number of rotatable bonds is 6. The van der Waals surface area contributed by atoms with Crippen LogP contribution < -0.4 is 4.72 Å². The summed E-state index contributed by atoms with van der Waals surface area (Å²) in [5, 5.41) is 7.87. The maximum atomic E-state index is 13.0. The van der Waals surface area contributed by atoms with Crippen LogP contribution >= 0.6 is 11.3 Å². The number of likely N-dealkylation sites (tertiary alicyclic amines) is 1. The summed E-state index contributed by atoms with van der Waals surface area (Å²) >= 11 is 1.23. The molecule has 1 aliphatic heterocycles. The number of aromatic nitrogens is 2. The average molecular weight is 461 g/mol. The summed E-state index contributed by atoms with van der Waals surface area (Å²) in [5.74, 6) is -0.207. The van der Waals surface area contributed by atoms with Crippen molar-refractivity contribution in [3.8, 4) is 10.8 Å². The van der Waals surface area contributed by atoms with Crippen molar-refractivity contribution in [1.82, 2.24) is 15.1 Å². The van der Waals surface area contributed by atoms with Crippen molar-refractivity contribution in [2.45, 2.75) is 44.4 Å². The highest BCUT2D eigenvalue weighted by Crippen LogP contribution is 2.34. The monoisotopic (exact) mass is 460 g/mol. The van der Waals surface area contributed by atoms with E-state index < -0.39 is 10.0 Å². The van der Waals surface area contributed by atoms with Crippen LogP contribution in [0, 0.1) is 6.92 Å². The second kappa shape index (κ2) is 8.80. The zero-order valence-electron chi connectivity index (χ0n) is 17.4. The van der Waals surface area contributed by atoms with Crippen molar-refractivity contribution in [2.75, 3.05) is 17.8 Å². The fraction of sp³-hybridized carbons (Fsp3) is 0.381. The minimum absolute atomic E-state index is 0.0677. The number of hydrogen-bond donors (Lipinski definition) is 1. The van der Waals surface area contributed by atoms with Crippen molar-refractivity contribution in [3.05, 3.63) is 46.7 Å². The second-order valence-corrected chi connectivity index (χ2v) is 10.4. The maximum Gasteiger partial charge on any atom is 0.311 e. The number of piperidine rings is 1. The van der Waals surface area contributed by atoms with Gasteiger partial charge in [0, 0.05) is 23.7 Å². The quantitative estimate of drug-likeness (QED) is 0.594. The van der Waals surface area contributed by atoms with Crippen LogP contribution in [0.5, 0.6) is 0 Å². The predicted octanol–water partition coefficient (Wildman–Crippen LogP) is 4.10. The van der Waals surface area contributed by atoms with Crippen LogP contribution in [0.25, 0.3) is 10.8 Å². The Morgan fingerprint density at radius 2 is 1.97 bits per heavy atom. The topological polar surface area (TPSA) is 105 Å². The molecule has 1 amide bonds. The highest BCUT2D eigenvalue weighted by Gasteiger charge is 2.26. The van der Waals surface area contributed by atoms with Crippen LogP contribution in [-0.2, 0) is 16.4 Å². The van der Waals surface area contributed by atoms with Crippen molar-refractivity contribution >= 4 is 33.0 Å². The molecule has 1 saturated heterocycles. The van der Waals surface area contributed by atoms with Gasteiger partial charge in [-0.05, 0) is 56.4 Å². The molecule has 1 fully saturated rings. The molecule has 0 radical (unpaired) electrons. The largest absolute Gasteiger partial charge is 0.411 e. The van der Waals surface area contributed by atoms with E-state index in [2.05, 4.69) is 14.9 Å². The third kappa shape index (κ3) is 4.64. The van der Waals surface area contributed by atoms with Gasteiger partial charge >= 0.3 is 11.8 Å². The molecule has 3 aromatic rings. The van der Waals surface area contributed by atoms with E-state index >= 15 is 0 Å². The molecule has 1 N–H and O–H groups in total. The molecule has 1 aliphatic rings. The molecule has 4 rings (SSSR count). The predicted molar refractivity (Wildman–Crippen MR) is 119 cm³/mol. The minimum atomic E-state index is -3.79. The van der Waals surface area contributed by atoms with Gasteiger partial charge in [0.15, 0.2) is 0 Å². The molecule has 1 aromatic carbocycles. The Morgan fingerprint density at radius 1 is 1.19 bits per heavy atom. The summed E-state index contributed by atoms with van der Waals surface area (Å²) in [5.41, 5.74) is 1.55. The molecule has 0 spiro atoms. The van der Waals surface area contributed by atoms with Crippen LogP contribution in [0.2, 0.25) is 0 Å². The summed E-state index contributed by atoms with van der Waals surface area (Å²) in [4.78, 5) is 15.5. The number of nitrogens with one attached hydrogen (secondary N) is 1. The Labute approximate surface area is 185 Å². The molecule has 10 heteroatoms. The number of amides is 1. The SMILES string of the molecule is CCc1cccc(NS(=O)(=O)c2cc(-c3nnc(C(=O)N4CCCCC4)o3)sc2C)c1. The summed E-state index contributed by atoms with van der Waals surface area (Å²) in [6, 6.07) is 8.81. The van der Waals surface area contributed by atoms with Gasteiger partial charge in [0.25, 0.3) is 15.9 Å². The molecule has 31 heavy (non-hydrogen) atoms. The summed E-state index contributed by atoms with van der Waals surface area (Å²) in [6.45, 7) is 5.10. The summed E-state index contributed by atoms with van der Waals surface area (Å²) < 4.78 is 34.1. The van der Waals surface area contributed by atoms with E-state index in [4.69, 9.17) is 4.42 Å². The number of benzene rings is 1. The fourth-order valence-corrected chi connectivity index (χ4v) is 6.11. The Hall–Kier alpha value is -2.72. The van der Waals surface area contributed by atoms with Crippen LogP contribution in [0.15, 0.2) is 39.6 Å². The number of hydrogen-bond acceptors (Lipinski definition) is 7. The number of aryl methyl sites for hydroxylation is 2. The lowest BCUT2D eigenvalue weighted by molar-refractivity contribution is 0.0684. The molecule has 3 heterocycles. The van der Waals surface area contributed by atoms with Gasteiger partial charge in [0.05, 0.1) is 4.88 Å². The van der Waals surface area contributed by atoms with E-state index in [1.807, 2.05) is 25.1 Å². The normalized spacial score (nSPS) is 14.6. The lowest BCUT2D eigenvalue weighted by Gasteiger charge is -2.24. The van der Waals surface area contributed by atoms with Crippen LogP contribution in [-0.4, -0.2) is 42.5 Å². The van der Waals surface area contributed by atoms with E-state index in [1.165, 1.54) is 17.4 Å². The Kier molecular flexibility index (Phi) is 6.10. The first-order chi connectivity index (χ1) is 14.9. The van der Waals surface area contributed by atoms with Crippen molar-refractivity contribution in [1.29, 1.82) is 0 Å².